The minimum atomic E-state index is -0.0358. The van der Waals surface area contributed by atoms with Crippen molar-refractivity contribution in [3.63, 3.8) is 0 Å². The van der Waals surface area contributed by atoms with Crippen LogP contribution in [0.25, 0.3) is 0 Å². The van der Waals surface area contributed by atoms with Gasteiger partial charge in [0.1, 0.15) is 5.69 Å². The summed E-state index contributed by atoms with van der Waals surface area (Å²) in [6, 6.07) is 3.99. The number of carbonyl (C=O) groups is 1. The Morgan fingerprint density at radius 3 is 2.59 bits per heavy atom. The third kappa shape index (κ3) is 3.63. The maximum absolute atomic E-state index is 12.4. The Kier molecular flexibility index (Phi) is 4.71. The fourth-order valence-corrected chi connectivity index (χ4v) is 3.56. The largest absolute Gasteiger partial charge is 0.335 e. The summed E-state index contributed by atoms with van der Waals surface area (Å²) in [5.41, 5.74) is 1.24. The Morgan fingerprint density at radius 1 is 1.23 bits per heavy atom. The lowest BCUT2D eigenvalue weighted by atomic mass is 10.2. The first-order chi connectivity index (χ1) is 10.6. The number of piperazine rings is 1. The molecule has 3 heterocycles. The lowest BCUT2D eigenvalue weighted by molar-refractivity contribution is 0.0623. The van der Waals surface area contributed by atoms with Crippen molar-refractivity contribution in [3.05, 3.63) is 45.1 Å². The van der Waals surface area contributed by atoms with Gasteiger partial charge < -0.3 is 4.90 Å². The number of hydrogen-bond donors (Lipinski definition) is 0. The van der Waals surface area contributed by atoms with E-state index in [2.05, 4.69) is 20.9 Å². The van der Waals surface area contributed by atoms with Crippen LogP contribution in [0.1, 0.15) is 21.1 Å². The van der Waals surface area contributed by atoms with E-state index in [-0.39, 0.29) is 5.91 Å². The summed E-state index contributed by atoms with van der Waals surface area (Å²) in [5.74, 6) is -0.0358. The molecule has 1 fully saturated rings. The molecular weight excluding hydrogens is 320 g/mol. The van der Waals surface area contributed by atoms with Gasteiger partial charge in [-0.15, -0.1) is 11.3 Å². The smallest absolute Gasteiger partial charge is 0.274 e. The predicted octanol–water partition coefficient (Wildman–Crippen LogP) is 2.46. The Morgan fingerprint density at radius 2 is 2.00 bits per heavy atom. The molecule has 7 heteroatoms. The van der Waals surface area contributed by atoms with E-state index in [1.807, 2.05) is 17.9 Å². The van der Waals surface area contributed by atoms with Crippen molar-refractivity contribution in [3.8, 4) is 0 Å². The van der Waals surface area contributed by atoms with Gasteiger partial charge in [-0.1, -0.05) is 11.6 Å². The maximum Gasteiger partial charge on any atom is 0.274 e. The quantitative estimate of drug-likeness (QED) is 0.864. The molecule has 1 aliphatic rings. The first-order valence-electron chi connectivity index (χ1n) is 7.16. The fraction of sp³-hybridized carbons (Fsp3) is 0.400. The van der Waals surface area contributed by atoms with Crippen LogP contribution in [0.2, 0.25) is 4.34 Å². The van der Waals surface area contributed by atoms with Crippen molar-refractivity contribution in [1.29, 1.82) is 0 Å². The number of halogens is 1. The average Bonchev–Trinajstić information content (AvgIpc) is 2.93. The number of rotatable bonds is 3. The lowest BCUT2D eigenvalue weighted by Crippen LogP contribution is -2.48. The van der Waals surface area contributed by atoms with E-state index in [1.54, 1.807) is 23.7 Å². The van der Waals surface area contributed by atoms with E-state index in [1.165, 1.54) is 4.88 Å². The van der Waals surface area contributed by atoms with Crippen LogP contribution in [0.5, 0.6) is 0 Å². The minimum Gasteiger partial charge on any atom is -0.335 e. The summed E-state index contributed by atoms with van der Waals surface area (Å²) in [4.78, 5) is 26.1. The Labute approximate surface area is 138 Å². The number of amides is 1. The molecule has 2 aromatic heterocycles. The second-order valence-corrected chi connectivity index (χ2v) is 7.12. The van der Waals surface area contributed by atoms with E-state index in [9.17, 15) is 4.79 Å². The van der Waals surface area contributed by atoms with E-state index in [4.69, 9.17) is 11.6 Å². The molecule has 0 unspecified atom stereocenters. The highest BCUT2D eigenvalue weighted by Gasteiger charge is 2.23. The first-order valence-corrected chi connectivity index (χ1v) is 8.36. The standard InChI is InChI=1S/C15H17ClN4OS/c1-11-8-18-13(9-17-11)15(21)20-6-4-19(5-7-20)10-12-2-3-14(16)22-12/h2-3,8-9H,4-7,10H2,1H3. The van der Waals surface area contributed by atoms with Crippen LogP contribution in [0.4, 0.5) is 0 Å². The average molecular weight is 337 g/mol. The van der Waals surface area contributed by atoms with Crippen LogP contribution in [0, 0.1) is 6.92 Å². The zero-order chi connectivity index (χ0) is 15.5. The molecule has 0 aromatic carbocycles. The lowest BCUT2D eigenvalue weighted by Gasteiger charge is -2.34. The second-order valence-electron chi connectivity index (χ2n) is 5.32. The molecule has 1 saturated heterocycles. The van der Waals surface area contributed by atoms with Crippen molar-refractivity contribution in [2.45, 2.75) is 13.5 Å². The van der Waals surface area contributed by atoms with E-state index in [0.717, 1.165) is 29.7 Å². The van der Waals surface area contributed by atoms with Gasteiger partial charge in [-0.2, -0.15) is 0 Å². The van der Waals surface area contributed by atoms with Gasteiger partial charge in [0, 0.05) is 43.8 Å². The van der Waals surface area contributed by atoms with Gasteiger partial charge in [0.15, 0.2) is 0 Å². The fourth-order valence-electron chi connectivity index (χ4n) is 2.43. The number of carbonyl (C=O) groups excluding carboxylic acids is 1. The first kappa shape index (κ1) is 15.4. The van der Waals surface area contributed by atoms with Crippen molar-refractivity contribution in [2.24, 2.45) is 0 Å². The molecule has 5 nitrogen and oxygen atoms in total. The van der Waals surface area contributed by atoms with Gasteiger partial charge in [0.25, 0.3) is 5.91 Å². The predicted molar refractivity (Wildman–Crippen MR) is 87.3 cm³/mol. The van der Waals surface area contributed by atoms with E-state index in [0.29, 0.717) is 18.8 Å². The van der Waals surface area contributed by atoms with Crippen molar-refractivity contribution < 1.29 is 4.79 Å². The van der Waals surface area contributed by atoms with Gasteiger partial charge in [-0.05, 0) is 19.1 Å². The molecule has 2 aromatic rings. The molecule has 116 valence electrons. The highest BCUT2D eigenvalue weighted by molar-refractivity contribution is 7.16. The topological polar surface area (TPSA) is 49.3 Å². The zero-order valence-electron chi connectivity index (χ0n) is 12.3. The van der Waals surface area contributed by atoms with Crippen molar-refractivity contribution in [2.75, 3.05) is 26.2 Å². The highest BCUT2D eigenvalue weighted by atomic mass is 35.5. The number of aromatic nitrogens is 2. The number of hydrogen-bond acceptors (Lipinski definition) is 5. The van der Waals surface area contributed by atoms with Gasteiger partial charge >= 0.3 is 0 Å². The summed E-state index contributed by atoms with van der Waals surface area (Å²) in [7, 11) is 0. The molecule has 0 aliphatic carbocycles. The van der Waals surface area contributed by atoms with E-state index >= 15 is 0 Å². The molecule has 0 saturated carbocycles. The molecule has 1 amide bonds. The third-order valence-electron chi connectivity index (χ3n) is 3.67. The number of aryl methyl sites for hydroxylation is 1. The third-order valence-corrected chi connectivity index (χ3v) is 4.88. The molecule has 0 spiro atoms. The minimum absolute atomic E-state index is 0.0358. The van der Waals surface area contributed by atoms with Crippen LogP contribution in [0.3, 0.4) is 0 Å². The van der Waals surface area contributed by atoms with Crippen LogP contribution in [-0.2, 0) is 6.54 Å². The van der Waals surface area contributed by atoms with Crippen LogP contribution < -0.4 is 0 Å². The summed E-state index contributed by atoms with van der Waals surface area (Å²) in [6.07, 6.45) is 3.18. The molecule has 22 heavy (non-hydrogen) atoms. The second kappa shape index (κ2) is 6.73. The van der Waals surface area contributed by atoms with Crippen molar-refractivity contribution in [1.82, 2.24) is 19.8 Å². The Hall–Kier alpha value is -1.50. The number of nitrogens with zero attached hydrogens (tertiary/aromatic N) is 4. The normalized spacial score (nSPS) is 16.0. The molecule has 0 N–H and O–H groups in total. The van der Waals surface area contributed by atoms with Crippen LogP contribution >= 0.6 is 22.9 Å². The molecule has 0 bridgehead atoms. The van der Waals surface area contributed by atoms with Gasteiger partial charge in [0.05, 0.1) is 16.2 Å². The zero-order valence-corrected chi connectivity index (χ0v) is 13.9. The van der Waals surface area contributed by atoms with E-state index < -0.39 is 0 Å². The summed E-state index contributed by atoms with van der Waals surface area (Å²) in [5, 5.41) is 0. The monoisotopic (exact) mass is 336 g/mol. The van der Waals surface area contributed by atoms with Crippen LogP contribution in [-0.4, -0.2) is 51.9 Å². The van der Waals surface area contributed by atoms with Crippen LogP contribution in [0.15, 0.2) is 24.5 Å². The molecule has 1 aliphatic heterocycles. The molecule has 0 radical (unpaired) electrons. The van der Waals surface area contributed by atoms with Gasteiger partial charge in [0.2, 0.25) is 0 Å². The molecular formula is C15H17ClN4OS. The number of thiophene rings is 1. The highest BCUT2D eigenvalue weighted by Crippen LogP contribution is 2.23. The SMILES string of the molecule is Cc1cnc(C(=O)N2CCN(Cc3ccc(Cl)s3)CC2)cn1. The Bertz CT molecular complexity index is 650. The van der Waals surface area contributed by atoms with Crippen molar-refractivity contribution >= 4 is 28.8 Å². The summed E-state index contributed by atoms with van der Waals surface area (Å²) >= 11 is 7.57. The molecule has 0 atom stereocenters. The Balaban J connectivity index is 1.55. The van der Waals surface area contributed by atoms with Gasteiger partial charge in [-0.25, -0.2) is 4.98 Å². The van der Waals surface area contributed by atoms with Gasteiger partial charge in [-0.3, -0.25) is 14.7 Å². The summed E-state index contributed by atoms with van der Waals surface area (Å²) < 4.78 is 0.821. The maximum atomic E-state index is 12.4. The summed E-state index contributed by atoms with van der Waals surface area (Å²) in [6.45, 7) is 5.91. The molecule has 3 rings (SSSR count).